The number of nitrogens with zero attached hydrogens (tertiary/aromatic N) is 3. The number of nitrogens with two attached hydrogens (primary N) is 1. The number of aryl methyl sites for hydroxylation is 1. The highest BCUT2D eigenvalue weighted by Gasteiger charge is 2.23. The Kier molecular flexibility index (Phi) is 6.90. The van der Waals surface area contributed by atoms with Crippen LogP contribution in [-0.4, -0.2) is 65.9 Å². The van der Waals surface area contributed by atoms with Crippen LogP contribution >= 0.6 is 0 Å². The monoisotopic (exact) mass is 364 g/mol. The van der Waals surface area contributed by atoms with Gasteiger partial charge in [0.25, 0.3) is 0 Å². The second-order valence-electron chi connectivity index (χ2n) is 6.13. The van der Waals surface area contributed by atoms with Crippen LogP contribution in [0, 0.1) is 17.0 Å². The third kappa shape index (κ3) is 5.16. The predicted molar refractivity (Wildman–Crippen MR) is 94.8 cm³/mol. The first-order chi connectivity index (χ1) is 12.4. The SMILES string of the molecule is Cc1ccc(OCCC(=O)N2CCN(C(=O)CCN)CC2)c([N+](=O)[O-])c1. The van der Waals surface area contributed by atoms with Crippen LogP contribution in [-0.2, 0) is 9.59 Å². The van der Waals surface area contributed by atoms with Crippen LogP contribution in [0.4, 0.5) is 5.69 Å². The molecule has 0 saturated carbocycles. The largest absolute Gasteiger partial charge is 0.486 e. The van der Waals surface area contributed by atoms with Crippen molar-refractivity contribution in [2.75, 3.05) is 39.3 Å². The van der Waals surface area contributed by atoms with Gasteiger partial charge >= 0.3 is 5.69 Å². The smallest absolute Gasteiger partial charge is 0.311 e. The van der Waals surface area contributed by atoms with Gasteiger partial charge in [-0.15, -0.1) is 0 Å². The van der Waals surface area contributed by atoms with E-state index in [1.807, 2.05) is 0 Å². The van der Waals surface area contributed by atoms with Crippen molar-refractivity contribution in [3.63, 3.8) is 0 Å². The molecule has 1 aromatic carbocycles. The zero-order valence-corrected chi connectivity index (χ0v) is 14.8. The summed E-state index contributed by atoms with van der Waals surface area (Å²) in [5.41, 5.74) is 6.04. The van der Waals surface area contributed by atoms with E-state index in [1.165, 1.54) is 6.07 Å². The van der Waals surface area contributed by atoms with Gasteiger partial charge < -0.3 is 20.3 Å². The lowest BCUT2D eigenvalue weighted by atomic mass is 10.2. The Labute approximate surface area is 151 Å². The molecule has 9 heteroatoms. The highest BCUT2D eigenvalue weighted by atomic mass is 16.6. The molecule has 0 bridgehead atoms. The molecule has 2 rings (SSSR count). The van der Waals surface area contributed by atoms with Gasteiger partial charge in [0, 0.05) is 45.2 Å². The quantitative estimate of drug-likeness (QED) is 0.562. The minimum Gasteiger partial charge on any atom is -0.486 e. The summed E-state index contributed by atoms with van der Waals surface area (Å²) in [6.45, 7) is 4.08. The van der Waals surface area contributed by atoms with E-state index >= 15 is 0 Å². The summed E-state index contributed by atoms with van der Waals surface area (Å²) in [7, 11) is 0. The number of benzene rings is 1. The van der Waals surface area contributed by atoms with Gasteiger partial charge in [0.1, 0.15) is 0 Å². The maximum atomic E-state index is 12.3. The zero-order chi connectivity index (χ0) is 19.1. The highest BCUT2D eigenvalue weighted by molar-refractivity contribution is 5.78. The molecular weight excluding hydrogens is 340 g/mol. The van der Waals surface area contributed by atoms with E-state index in [9.17, 15) is 19.7 Å². The Morgan fingerprint density at radius 2 is 1.73 bits per heavy atom. The molecule has 0 radical (unpaired) electrons. The maximum absolute atomic E-state index is 12.3. The molecule has 26 heavy (non-hydrogen) atoms. The van der Waals surface area contributed by atoms with Crippen molar-refractivity contribution >= 4 is 17.5 Å². The molecular formula is C17H24N4O5. The number of carbonyl (C=O) groups excluding carboxylic acids is 2. The van der Waals surface area contributed by atoms with Crippen LogP contribution in [0.15, 0.2) is 18.2 Å². The number of rotatable bonds is 7. The zero-order valence-electron chi connectivity index (χ0n) is 14.8. The fraction of sp³-hybridized carbons (Fsp3) is 0.529. The van der Waals surface area contributed by atoms with Gasteiger partial charge in [0.05, 0.1) is 18.0 Å². The molecule has 9 nitrogen and oxygen atoms in total. The number of hydrogen-bond acceptors (Lipinski definition) is 6. The first-order valence-electron chi connectivity index (χ1n) is 8.56. The lowest BCUT2D eigenvalue weighted by molar-refractivity contribution is -0.385. The molecule has 1 heterocycles. The highest BCUT2D eigenvalue weighted by Crippen LogP contribution is 2.27. The first-order valence-corrected chi connectivity index (χ1v) is 8.56. The van der Waals surface area contributed by atoms with E-state index in [0.29, 0.717) is 39.1 Å². The second-order valence-corrected chi connectivity index (χ2v) is 6.13. The van der Waals surface area contributed by atoms with Crippen LogP contribution in [0.5, 0.6) is 5.75 Å². The molecule has 0 aromatic heterocycles. The molecule has 0 unspecified atom stereocenters. The van der Waals surface area contributed by atoms with Crippen LogP contribution in [0.1, 0.15) is 18.4 Å². The van der Waals surface area contributed by atoms with Crippen LogP contribution in [0.2, 0.25) is 0 Å². The van der Waals surface area contributed by atoms with Crippen LogP contribution in [0.25, 0.3) is 0 Å². The lowest BCUT2D eigenvalue weighted by Gasteiger charge is -2.34. The van der Waals surface area contributed by atoms with Crippen molar-refractivity contribution in [2.45, 2.75) is 19.8 Å². The van der Waals surface area contributed by atoms with Crippen molar-refractivity contribution in [3.8, 4) is 5.75 Å². The minimum atomic E-state index is -0.498. The van der Waals surface area contributed by atoms with Gasteiger partial charge in [-0.1, -0.05) is 6.07 Å². The maximum Gasteiger partial charge on any atom is 0.311 e. The Balaban J connectivity index is 1.80. The Bertz CT molecular complexity index is 671. The van der Waals surface area contributed by atoms with Crippen molar-refractivity contribution in [1.82, 2.24) is 9.80 Å². The van der Waals surface area contributed by atoms with Gasteiger partial charge in [-0.05, 0) is 18.6 Å². The van der Waals surface area contributed by atoms with E-state index < -0.39 is 4.92 Å². The van der Waals surface area contributed by atoms with Crippen molar-refractivity contribution in [2.24, 2.45) is 5.73 Å². The summed E-state index contributed by atoms with van der Waals surface area (Å²) < 4.78 is 5.44. The van der Waals surface area contributed by atoms with Gasteiger partial charge in [-0.3, -0.25) is 19.7 Å². The fourth-order valence-electron chi connectivity index (χ4n) is 2.79. The number of carbonyl (C=O) groups is 2. The van der Waals surface area contributed by atoms with E-state index in [0.717, 1.165) is 5.56 Å². The number of ether oxygens (including phenoxy) is 1. The Hall–Kier alpha value is -2.68. The number of amides is 2. The summed E-state index contributed by atoms with van der Waals surface area (Å²) in [4.78, 5) is 38.0. The summed E-state index contributed by atoms with van der Waals surface area (Å²) in [5.74, 6) is 0.0749. The fourth-order valence-corrected chi connectivity index (χ4v) is 2.79. The van der Waals surface area contributed by atoms with E-state index in [4.69, 9.17) is 10.5 Å². The summed E-state index contributed by atoms with van der Waals surface area (Å²) >= 11 is 0. The van der Waals surface area contributed by atoms with E-state index in [-0.39, 0.29) is 36.3 Å². The molecule has 0 atom stereocenters. The molecule has 0 aliphatic carbocycles. The number of piperazine rings is 1. The van der Waals surface area contributed by atoms with Gasteiger partial charge in [-0.2, -0.15) is 0 Å². The normalized spacial score (nSPS) is 14.2. The average Bonchev–Trinajstić information content (AvgIpc) is 2.63. The van der Waals surface area contributed by atoms with Crippen LogP contribution in [0.3, 0.4) is 0 Å². The summed E-state index contributed by atoms with van der Waals surface area (Å²) in [5, 5.41) is 11.1. The Morgan fingerprint density at radius 3 is 2.27 bits per heavy atom. The van der Waals surface area contributed by atoms with Gasteiger partial charge in [-0.25, -0.2) is 0 Å². The summed E-state index contributed by atoms with van der Waals surface area (Å²) in [6, 6.07) is 4.70. The topological polar surface area (TPSA) is 119 Å². The molecule has 2 amide bonds. The predicted octanol–water partition coefficient (Wildman–Crippen LogP) is 0.692. The van der Waals surface area contributed by atoms with Crippen molar-refractivity contribution in [3.05, 3.63) is 33.9 Å². The molecule has 1 aliphatic rings. The molecule has 142 valence electrons. The Morgan fingerprint density at radius 1 is 1.15 bits per heavy atom. The number of nitro groups is 1. The molecule has 1 aliphatic heterocycles. The first kappa shape index (κ1) is 19.6. The second kappa shape index (κ2) is 9.14. The molecule has 1 fully saturated rings. The third-order valence-electron chi connectivity index (χ3n) is 4.23. The van der Waals surface area contributed by atoms with Crippen molar-refractivity contribution in [1.29, 1.82) is 0 Å². The van der Waals surface area contributed by atoms with Crippen molar-refractivity contribution < 1.29 is 19.2 Å². The lowest BCUT2D eigenvalue weighted by Crippen LogP contribution is -2.51. The molecule has 1 saturated heterocycles. The molecule has 1 aromatic rings. The van der Waals surface area contributed by atoms with Gasteiger partial charge in [0.15, 0.2) is 5.75 Å². The van der Waals surface area contributed by atoms with E-state index in [1.54, 1.807) is 28.9 Å². The third-order valence-corrected chi connectivity index (χ3v) is 4.23. The summed E-state index contributed by atoms with van der Waals surface area (Å²) in [6.07, 6.45) is 0.443. The van der Waals surface area contributed by atoms with E-state index in [2.05, 4.69) is 0 Å². The number of nitro benzene ring substituents is 1. The average molecular weight is 364 g/mol. The molecule has 2 N–H and O–H groups in total. The van der Waals surface area contributed by atoms with Gasteiger partial charge in [0.2, 0.25) is 11.8 Å². The molecule has 0 spiro atoms. The number of hydrogen-bond donors (Lipinski definition) is 1. The van der Waals surface area contributed by atoms with Crippen LogP contribution < -0.4 is 10.5 Å². The minimum absolute atomic E-state index is 0.00890. The standard InChI is InChI=1S/C17H24N4O5/c1-13-2-3-15(14(12-13)21(24)25)26-11-5-17(23)20-9-7-19(8-10-20)16(22)4-6-18/h2-3,12H,4-11,18H2,1H3.